The summed E-state index contributed by atoms with van der Waals surface area (Å²) < 4.78 is 12.6. The number of aliphatic hydroxyl groups excluding tert-OH is 1. The normalized spacial score (nSPS) is 15.6. The molecule has 0 amide bonds. The summed E-state index contributed by atoms with van der Waals surface area (Å²) >= 11 is 0. The monoisotopic (exact) mass is 197 g/mol. The Morgan fingerprint density at radius 1 is 1.43 bits per heavy atom. The third-order valence-electron chi connectivity index (χ3n) is 2.19. The Morgan fingerprint density at radius 3 is 2.57 bits per heavy atom. The van der Waals surface area contributed by atoms with Crippen LogP contribution in [0.5, 0.6) is 0 Å². The first-order chi connectivity index (χ1) is 6.81. The second-order valence-electron chi connectivity index (χ2n) is 3.35. The molecule has 0 atom stereocenters. The van der Waals surface area contributed by atoms with Crippen molar-refractivity contribution in [3.05, 3.63) is 18.2 Å². The van der Waals surface area contributed by atoms with E-state index in [9.17, 15) is 4.39 Å². The molecule has 0 aromatic carbocycles. The van der Waals surface area contributed by atoms with Gasteiger partial charge in [0.15, 0.2) is 5.82 Å². The molecule has 1 aliphatic rings. The zero-order valence-electron chi connectivity index (χ0n) is 7.73. The molecule has 1 aliphatic carbocycles. The molecule has 14 heavy (non-hydrogen) atoms. The maximum absolute atomic E-state index is 12.6. The summed E-state index contributed by atoms with van der Waals surface area (Å²) in [4.78, 5) is 9.69. The summed E-state index contributed by atoms with van der Waals surface area (Å²) in [6, 6.07) is 0.424. The van der Waals surface area contributed by atoms with Crippen molar-refractivity contribution < 1.29 is 9.50 Å². The molecule has 1 N–H and O–H groups in total. The minimum absolute atomic E-state index is 0.0667. The Labute approximate surface area is 81.4 Å². The molecule has 1 fully saturated rings. The van der Waals surface area contributed by atoms with E-state index in [1.165, 1.54) is 0 Å². The van der Waals surface area contributed by atoms with Crippen molar-refractivity contribution in [3.8, 4) is 0 Å². The Hall–Kier alpha value is -1.23. The highest BCUT2D eigenvalue weighted by atomic mass is 19.1. The van der Waals surface area contributed by atoms with Gasteiger partial charge in [-0.05, 0) is 12.8 Å². The van der Waals surface area contributed by atoms with Crippen molar-refractivity contribution in [3.63, 3.8) is 0 Å². The van der Waals surface area contributed by atoms with Crippen molar-refractivity contribution in [2.24, 2.45) is 0 Å². The SMILES string of the molecule is OCCN(c1ncc(F)cn1)C1CC1. The number of hydrogen-bond acceptors (Lipinski definition) is 4. The van der Waals surface area contributed by atoms with E-state index < -0.39 is 5.82 Å². The summed E-state index contributed by atoms with van der Waals surface area (Å²) in [5, 5.41) is 8.86. The van der Waals surface area contributed by atoms with E-state index in [4.69, 9.17) is 5.11 Å². The van der Waals surface area contributed by atoms with E-state index in [0.29, 0.717) is 18.5 Å². The summed E-state index contributed by atoms with van der Waals surface area (Å²) in [5.74, 6) is 0.0662. The molecule has 1 aromatic rings. The summed E-state index contributed by atoms with van der Waals surface area (Å²) in [6.45, 7) is 0.577. The lowest BCUT2D eigenvalue weighted by molar-refractivity contribution is 0.300. The fourth-order valence-corrected chi connectivity index (χ4v) is 1.39. The third-order valence-corrected chi connectivity index (χ3v) is 2.19. The van der Waals surface area contributed by atoms with Crippen LogP contribution >= 0.6 is 0 Å². The van der Waals surface area contributed by atoms with Crippen LogP contribution in [-0.2, 0) is 0 Å². The number of rotatable bonds is 4. The van der Waals surface area contributed by atoms with E-state index >= 15 is 0 Å². The molecular weight excluding hydrogens is 185 g/mol. The maximum atomic E-state index is 12.6. The van der Waals surface area contributed by atoms with Crippen LogP contribution in [0.3, 0.4) is 0 Å². The Morgan fingerprint density at radius 2 is 2.07 bits per heavy atom. The van der Waals surface area contributed by atoms with Crippen LogP contribution < -0.4 is 4.90 Å². The van der Waals surface area contributed by atoms with Crippen LogP contribution in [-0.4, -0.2) is 34.3 Å². The number of anilines is 1. The van der Waals surface area contributed by atoms with Gasteiger partial charge in [-0.3, -0.25) is 0 Å². The second-order valence-corrected chi connectivity index (χ2v) is 3.35. The van der Waals surface area contributed by atoms with Gasteiger partial charge in [-0.1, -0.05) is 0 Å². The number of aromatic nitrogens is 2. The molecule has 1 saturated carbocycles. The largest absolute Gasteiger partial charge is 0.395 e. The fraction of sp³-hybridized carbons (Fsp3) is 0.556. The van der Waals surface area contributed by atoms with E-state index in [2.05, 4.69) is 9.97 Å². The first-order valence-electron chi connectivity index (χ1n) is 4.66. The summed E-state index contributed by atoms with van der Waals surface area (Å²) in [7, 11) is 0. The number of halogens is 1. The van der Waals surface area contributed by atoms with Gasteiger partial charge in [0.25, 0.3) is 0 Å². The minimum Gasteiger partial charge on any atom is -0.395 e. The molecule has 0 aliphatic heterocycles. The van der Waals surface area contributed by atoms with Crippen LogP contribution in [0, 0.1) is 5.82 Å². The number of aliphatic hydroxyl groups is 1. The summed E-state index contributed by atoms with van der Waals surface area (Å²) in [5.41, 5.74) is 0. The molecule has 5 heteroatoms. The van der Waals surface area contributed by atoms with Crippen molar-refractivity contribution in [2.45, 2.75) is 18.9 Å². The lowest BCUT2D eigenvalue weighted by Gasteiger charge is -2.20. The predicted octanol–water partition coefficient (Wildman–Crippen LogP) is 0.577. The van der Waals surface area contributed by atoms with Crippen LogP contribution in [0.25, 0.3) is 0 Å². The first kappa shape index (κ1) is 9.33. The minimum atomic E-state index is -0.437. The molecule has 0 saturated heterocycles. The van der Waals surface area contributed by atoms with Crippen molar-refractivity contribution in [1.82, 2.24) is 9.97 Å². The van der Waals surface area contributed by atoms with Gasteiger partial charge in [0, 0.05) is 12.6 Å². The smallest absolute Gasteiger partial charge is 0.225 e. The Bertz CT molecular complexity index is 299. The van der Waals surface area contributed by atoms with Gasteiger partial charge in [0.2, 0.25) is 5.95 Å². The molecule has 2 rings (SSSR count). The lowest BCUT2D eigenvalue weighted by atomic mass is 10.5. The van der Waals surface area contributed by atoms with Gasteiger partial charge in [-0.25, -0.2) is 14.4 Å². The molecule has 0 radical (unpaired) electrons. The molecule has 76 valence electrons. The van der Waals surface area contributed by atoms with Crippen LogP contribution in [0.15, 0.2) is 12.4 Å². The molecule has 4 nitrogen and oxygen atoms in total. The van der Waals surface area contributed by atoms with Gasteiger partial charge in [0.1, 0.15) is 0 Å². The Balaban J connectivity index is 2.13. The fourth-order valence-electron chi connectivity index (χ4n) is 1.39. The van der Waals surface area contributed by atoms with Crippen LogP contribution in [0.4, 0.5) is 10.3 Å². The van der Waals surface area contributed by atoms with Gasteiger partial charge < -0.3 is 10.0 Å². The average Bonchev–Trinajstić information content (AvgIpc) is 2.99. The topological polar surface area (TPSA) is 49.2 Å². The highest BCUT2D eigenvalue weighted by molar-refractivity contribution is 5.32. The van der Waals surface area contributed by atoms with Gasteiger partial charge >= 0.3 is 0 Å². The zero-order valence-corrected chi connectivity index (χ0v) is 7.73. The van der Waals surface area contributed by atoms with Gasteiger partial charge in [0.05, 0.1) is 19.0 Å². The van der Waals surface area contributed by atoms with Crippen molar-refractivity contribution in [1.29, 1.82) is 0 Å². The Kier molecular flexibility index (Phi) is 2.58. The van der Waals surface area contributed by atoms with Crippen LogP contribution in [0.1, 0.15) is 12.8 Å². The van der Waals surface area contributed by atoms with Crippen molar-refractivity contribution in [2.75, 3.05) is 18.1 Å². The van der Waals surface area contributed by atoms with Gasteiger partial charge in [-0.15, -0.1) is 0 Å². The van der Waals surface area contributed by atoms with E-state index in [1.54, 1.807) is 0 Å². The van der Waals surface area contributed by atoms with E-state index in [0.717, 1.165) is 25.2 Å². The average molecular weight is 197 g/mol. The standard InChI is InChI=1S/C9H12FN3O/c10-7-5-11-9(12-6-7)13(3-4-14)8-1-2-8/h5-6,8,14H,1-4H2. The van der Waals surface area contributed by atoms with Gasteiger partial charge in [-0.2, -0.15) is 0 Å². The summed E-state index contributed by atoms with van der Waals surface area (Å²) in [6.07, 6.45) is 4.49. The molecule has 0 bridgehead atoms. The highest BCUT2D eigenvalue weighted by Crippen LogP contribution is 2.28. The number of nitrogens with zero attached hydrogens (tertiary/aromatic N) is 3. The van der Waals surface area contributed by atoms with E-state index in [1.807, 2.05) is 4.90 Å². The zero-order chi connectivity index (χ0) is 9.97. The van der Waals surface area contributed by atoms with Crippen LogP contribution in [0.2, 0.25) is 0 Å². The third kappa shape index (κ3) is 1.98. The van der Waals surface area contributed by atoms with E-state index in [-0.39, 0.29) is 6.61 Å². The highest BCUT2D eigenvalue weighted by Gasteiger charge is 2.30. The number of hydrogen-bond donors (Lipinski definition) is 1. The molecular formula is C9H12FN3O. The molecule has 0 unspecified atom stereocenters. The quantitative estimate of drug-likeness (QED) is 0.767. The maximum Gasteiger partial charge on any atom is 0.225 e. The molecule has 1 aromatic heterocycles. The molecule has 0 spiro atoms. The molecule has 1 heterocycles. The second kappa shape index (κ2) is 3.88. The first-order valence-corrected chi connectivity index (χ1v) is 4.66. The predicted molar refractivity (Wildman–Crippen MR) is 49.4 cm³/mol. The lowest BCUT2D eigenvalue weighted by Crippen LogP contribution is -2.30. The van der Waals surface area contributed by atoms with Crippen molar-refractivity contribution >= 4 is 5.95 Å².